The molecule has 0 fully saturated rings. The summed E-state index contributed by atoms with van der Waals surface area (Å²) < 4.78 is 0. The number of carboxylic acid groups (broad SMARTS) is 2. The van der Waals surface area contributed by atoms with Crippen LogP contribution in [0.25, 0.3) is 0 Å². The molecule has 18 N–H and O–H groups in total. The first kappa shape index (κ1) is 162. The number of aliphatic carboxylic acids is 2. The SMILES string of the molecule is CC(=O)[O-].CC(=O)[O-].O.O.O.O.O.O.O.O.O.[Mg+2]. The van der Waals surface area contributed by atoms with E-state index in [4.69, 9.17) is 19.8 Å². The van der Waals surface area contributed by atoms with E-state index < -0.39 is 11.9 Å². The van der Waals surface area contributed by atoms with Gasteiger partial charge in [-0.2, -0.15) is 0 Å². The van der Waals surface area contributed by atoms with Gasteiger partial charge in [-0.3, -0.25) is 0 Å². The van der Waals surface area contributed by atoms with Crippen molar-refractivity contribution in [2.24, 2.45) is 0 Å². The number of rotatable bonds is 0. The third-order valence-electron chi connectivity index (χ3n) is 0. The predicted octanol–water partition coefficient (Wildman–Crippen LogP) is -10.3. The zero-order chi connectivity index (χ0) is 7.15. The fraction of sp³-hybridized carbons (Fsp3) is 0.500. The fourth-order valence-corrected chi connectivity index (χ4v) is 0. The van der Waals surface area contributed by atoms with Crippen LogP contribution in [0.3, 0.4) is 0 Å². The van der Waals surface area contributed by atoms with Crippen molar-refractivity contribution in [3.8, 4) is 0 Å². The van der Waals surface area contributed by atoms with Crippen molar-refractivity contribution in [3.05, 3.63) is 0 Å². The molecule has 0 atom stereocenters. The Balaban J connectivity index is -0.00000000257. The van der Waals surface area contributed by atoms with E-state index in [-0.39, 0.29) is 72.3 Å². The maximum absolute atomic E-state index is 8.89. The van der Waals surface area contributed by atoms with Gasteiger partial charge in [-0.25, -0.2) is 0 Å². The Morgan fingerprint density at radius 1 is 0.556 bits per heavy atom. The average Bonchev–Trinajstić information content (AvgIpc) is 1.25. The van der Waals surface area contributed by atoms with E-state index in [9.17, 15) is 0 Å². The molecule has 0 aromatic rings. The molecule has 0 aromatic carbocycles. The Morgan fingerprint density at radius 3 is 0.556 bits per heavy atom. The third-order valence-corrected chi connectivity index (χ3v) is 0. The monoisotopic (exact) mass is 304 g/mol. The second-order valence-corrected chi connectivity index (χ2v) is 0.983. The van der Waals surface area contributed by atoms with Crippen LogP contribution in [0.5, 0.6) is 0 Å². The van der Waals surface area contributed by atoms with E-state index in [1.807, 2.05) is 0 Å². The molecule has 0 aromatic heterocycles. The van der Waals surface area contributed by atoms with Gasteiger partial charge < -0.3 is 69.1 Å². The van der Waals surface area contributed by atoms with Gasteiger partial charge in [0.15, 0.2) is 0 Å². The Bertz CT molecular complexity index is 77.0. The molecule has 0 heterocycles. The minimum absolute atomic E-state index is 0. The van der Waals surface area contributed by atoms with Crippen molar-refractivity contribution >= 4 is 35.0 Å². The molecule has 0 saturated heterocycles. The number of carbonyl (C=O) groups excluding carboxylic acids is 2. The summed E-state index contributed by atoms with van der Waals surface area (Å²) in [6.07, 6.45) is 0. The molecule has 0 bridgehead atoms. The van der Waals surface area contributed by atoms with E-state index in [1.54, 1.807) is 0 Å². The van der Waals surface area contributed by atoms with Crippen LogP contribution >= 0.6 is 0 Å². The van der Waals surface area contributed by atoms with Crippen molar-refractivity contribution in [1.29, 1.82) is 0 Å². The predicted molar refractivity (Wildman–Crippen MR) is 59.6 cm³/mol. The largest absolute Gasteiger partial charge is 2.00 e. The van der Waals surface area contributed by atoms with Gasteiger partial charge in [0.05, 0.1) is 0 Å². The van der Waals surface area contributed by atoms with Gasteiger partial charge in [0, 0.05) is 11.9 Å². The molecule has 120 valence electrons. The first-order valence-electron chi connectivity index (χ1n) is 1.82. The maximum Gasteiger partial charge on any atom is 2.00 e. The molecule has 0 spiro atoms. The third kappa shape index (κ3) is 7390. The molecule has 0 amide bonds. The Hall–Kier alpha value is -0.654. The summed E-state index contributed by atoms with van der Waals surface area (Å²) in [6, 6.07) is 0. The van der Waals surface area contributed by atoms with Crippen molar-refractivity contribution in [2.75, 3.05) is 0 Å². The van der Waals surface area contributed by atoms with Crippen LogP contribution in [-0.4, -0.2) is 84.3 Å². The van der Waals surface area contributed by atoms with E-state index in [0.29, 0.717) is 0 Å². The van der Waals surface area contributed by atoms with E-state index in [2.05, 4.69) is 0 Å². The van der Waals surface area contributed by atoms with Crippen LogP contribution in [0.4, 0.5) is 0 Å². The van der Waals surface area contributed by atoms with Gasteiger partial charge in [0.1, 0.15) is 0 Å². The molecule has 0 aliphatic rings. The maximum atomic E-state index is 8.89. The number of hydrogen-bond acceptors (Lipinski definition) is 4. The van der Waals surface area contributed by atoms with Crippen molar-refractivity contribution in [1.82, 2.24) is 0 Å². The van der Waals surface area contributed by atoms with Crippen molar-refractivity contribution in [2.45, 2.75) is 13.8 Å². The van der Waals surface area contributed by atoms with Gasteiger partial charge in [0.2, 0.25) is 0 Å². The quantitative estimate of drug-likeness (QED) is 0.392. The smallest absolute Gasteiger partial charge is 0.550 e. The molecule has 0 rings (SSSR count). The van der Waals surface area contributed by atoms with Gasteiger partial charge in [-0.05, 0) is 13.8 Å². The number of carbonyl (C=O) groups is 2. The summed E-state index contributed by atoms with van der Waals surface area (Å²) in [5.74, 6) is -2.17. The topological polar surface area (TPSA) is 364 Å². The standard InChI is InChI=1S/2C2H4O2.Mg.9H2O/c2*1-2(3)4;;;;;;;;;;/h2*1H3,(H,3,4);;9*1H2/q;;+2;;;;;;;;;/p-2. The summed E-state index contributed by atoms with van der Waals surface area (Å²) in [7, 11) is 0. The fourth-order valence-electron chi connectivity index (χ4n) is 0. The minimum Gasteiger partial charge on any atom is -0.550 e. The first-order valence-corrected chi connectivity index (χ1v) is 1.82. The molecule has 13 nitrogen and oxygen atoms in total. The molecular formula is C4H24MgO13. The molecule has 0 aliphatic heterocycles. The zero-order valence-electron chi connectivity index (χ0n) is 9.84. The van der Waals surface area contributed by atoms with Gasteiger partial charge in [-0.1, -0.05) is 0 Å². The van der Waals surface area contributed by atoms with Gasteiger partial charge in [-0.15, -0.1) is 0 Å². The van der Waals surface area contributed by atoms with Crippen molar-refractivity contribution < 1.29 is 69.1 Å². The van der Waals surface area contributed by atoms with Crippen LogP contribution in [0.2, 0.25) is 0 Å². The molecular weight excluding hydrogens is 280 g/mol. The molecule has 0 aliphatic carbocycles. The molecule has 18 heavy (non-hydrogen) atoms. The summed E-state index contributed by atoms with van der Waals surface area (Å²) in [6.45, 7) is 1.94. The van der Waals surface area contributed by atoms with Gasteiger partial charge in [0.25, 0.3) is 0 Å². The van der Waals surface area contributed by atoms with Crippen LogP contribution in [-0.2, 0) is 9.59 Å². The van der Waals surface area contributed by atoms with Crippen molar-refractivity contribution in [3.63, 3.8) is 0 Å². The first-order chi connectivity index (χ1) is 3.46. The zero-order valence-corrected chi connectivity index (χ0v) is 11.3. The van der Waals surface area contributed by atoms with Crippen LogP contribution in [0.1, 0.15) is 13.8 Å². The van der Waals surface area contributed by atoms with Crippen LogP contribution in [0, 0.1) is 0 Å². The van der Waals surface area contributed by atoms with Crippen LogP contribution in [0.15, 0.2) is 0 Å². The Kier molecular flexibility index (Phi) is 1210. The summed E-state index contributed by atoms with van der Waals surface area (Å²) in [5.41, 5.74) is 0. The van der Waals surface area contributed by atoms with E-state index in [0.717, 1.165) is 13.8 Å². The summed E-state index contributed by atoms with van der Waals surface area (Å²) in [5, 5.41) is 17.8. The minimum atomic E-state index is -1.08. The van der Waals surface area contributed by atoms with Gasteiger partial charge >= 0.3 is 23.1 Å². The second-order valence-electron chi connectivity index (χ2n) is 0.983. The molecule has 14 heteroatoms. The Labute approximate surface area is 118 Å². The summed E-state index contributed by atoms with van der Waals surface area (Å²) >= 11 is 0. The number of carboxylic acids is 2. The molecule has 0 saturated carbocycles. The van der Waals surface area contributed by atoms with Crippen LogP contribution < -0.4 is 10.2 Å². The molecule has 0 unspecified atom stereocenters. The normalized spacial score (nSPS) is 2.78. The van der Waals surface area contributed by atoms with E-state index in [1.165, 1.54) is 0 Å². The Morgan fingerprint density at radius 2 is 0.556 bits per heavy atom. The summed E-state index contributed by atoms with van der Waals surface area (Å²) in [4.78, 5) is 17.8. The number of hydrogen-bond donors (Lipinski definition) is 0. The average molecular weight is 305 g/mol. The van der Waals surface area contributed by atoms with E-state index >= 15 is 0 Å². The second kappa shape index (κ2) is 135. The molecule has 0 radical (unpaired) electrons.